The molecule has 2 heterocycles. The van der Waals surface area contributed by atoms with Gasteiger partial charge in [-0.15, -0.1) is 0 Å². The number of nitrogens with zero attached hydrogens (tertiary/aromatic N) is 2. The van der Waals surface area contributed by atoms with Gasteiger partial charge in [0, 0.05) is 24.8 Å². The van der Waals surface area contributed by atoms with Crippen LogP contribution in [0.5, 0.6) is 0 Å². The maximum absolute atomic E-state index is 12.5. The van der Waals surface area contributed by atoms with Crippen LogP contribution in [0, 0.1) is 0 Å². The van der Waals surface area contributed by atoms with Gasteiger partial charge in [0.1, 0.15) is 6.04 Å². The molecule has 6 nitrogen and oxygen atoms in total. The maximum Gasteiger partial charge on any atom is 0.251 e. The molecule has 0 unspecified atom stereocenters. The van der Waals surface area contributed by atoms with Crippen molar-refractivity contribution in [1.29, 1.82) is 0 Å². The van der Waals surface area contributed by atoms with Gasteiger partial charge in [0.05, 0.1) is 5.69 Å². The smallest absolute Gasteiger partial charge is 0.251 e. The number of hydrogen-bond acceptors (Lipinski definition) is 4. The summed E-state index contributed by atoms with van der Waals surface area (Å²) in [6, 6.07) is 11.8. The highest BCUT2D eigenvalue weighted by Crippen LogP contribution is 2.26. The van der Waals surface area contributed by atoms with Crippen LogP contribution < -0.4 is 15.5 Å². The van der Waals surface area contributed by atoms with Crippen molar-refractivity contribution in [3.05, 3.63) is 54.2 Å². The van der Waals surface area contributed by atoms with Crippen molar-refractivity contribution in [3.8, 4) is 0 Å². The summed E-state index contributed by atoms with van der Waals surface area (Å²) in [5.41, 5.74) is 1.21. The van der Waals surface area contributed by atoms with E-state index in [1.807, 2.05) is 12.1 Å². The topological polar surface area (TPSA) is 74.3 Å². The number of carbonyl (C=O) groups excluding carboxylic acids is 2. The van der Waals surface area contributed by atoms with Crippen LogP contribution in [-0.2, 0) is 4.79 Å². The van der Waals surface area contributed by atoms with Crippen LogP contribution >= 0.6 is 0 Å². The van der Waals surface area contributed by atoms with E-state index in [4.69, 9.17) is 0 Å². The molecular formula is C19H22N4O2. The molecule has 2 amide bonds. The Balaban J connectivity index is 1.65. The zero-order chi connectivity index (χ0) is 17.6. The Morgan fingerprint density at radius 1 is 1.08 bits per heavy atom. The molecule has 0 spiro atoms. The summed E-state index contributed by atoms with van der Waals surface area (Å²) in [5, 5.41) is 5.61. The van der Waals surface area contributed by atoms with Gasteiger partial charge in [-0.1, -0.05) is 18.2 Å². The van der Waals surface area contributed by atoms with Crippen molar-refractivity contribution in [3.63, 3.8) is 0 Å². The van der Waals surface area contributed by atoms with Crippen molar-refractivity contribution < 1.29 is 9.59 Å². The highest BCUT2D eigenvalue weighted by atomic mass is 16.2. The Morgan fingerprint density at radius 2 is 1.80 bits per heavy atom. The number of rotatable bonds is 5. The van der Waals surface area contributed by atoms with E-state index in [0.29, 0.717) is 11.3 Å². The Hall–Kier alpha value is -2.89. The minimum absolute atomic E-state index is 0.266. The van der Waals surface area contributed by atoms with E-state index in [1.54, 1.807) is 43.5 Å². The Labute approximate surface area is 147 Å². The fourth-order valence-electron chi connectivity index (χ4n) is 2.85. The molecule has 0 radical (unpaired) electrons. The number of aromatic nitrogens is 1. The standard InChI is InChI=1S/C19H22N4O2/c1-14(21-19(25)15-8-3-2-4-9-15)18(24)22-16-10-7-11-20-17(16)23-12-5-6-13-23/h2-4,7-11,14H,5-6,12-13H2,1H3,(H,21,25)(H,22,24)/t14-/m1/s1. The van der Waals surface area contributed by atoms with Gasteiger partial charge >= 0.3 is 0 Å². The predicted molar refractivity (Wildman–Crippen MR) is 97.7 cm³/mol. The molecular weight excluding hydrogens is 316 g/mol. The first kappa shape index (κ1) is 17.0. The molecule has 1 saturated heterocycles. The number of pyridine rings is 1. The SMILES string of the molecule is C[C@@H](NC(=O)c1ccccc1)C(=O)Nc1cccnc1N1CCCC1. The van der Waals surface area contributed by atoms with Crippen molar-refractivity contribution >= 4 is 23.3 Å². The van der Waals surface area contributed by atoms with Crippen molar-refractivity contribution in [2.24, 2.45) is 0 Å². The van der Waals surface area contributed by atoms with Gasteiger partial charge in [-0.3, -0.25) is 9.59 Å². The van der Waals surface area contributed by atoms with Crippen LogP contribution in [0.3, 0.4) is 0 Å². The van der Waals surface area contributed by atoms with Gasteiger partial charge in [0.25, 0.3) is 5.91 Å². The summed E-state index contributed by atoms with van der Waals surface area (Å²) in [4.78, 5) is 31.2. The van der Waals surface area contributed by atoms with E-state index in [0.717, 1.165) is 31.7 Å². The lowest BCUT2D eigenvalue weighted by molar-refractivity contribution is -0.117. The molecule has 1 aliphatic rings. The first-order chi connectivity index (χ1) is 12.1. The zero-order valence-corrected chi connectivity index (χ0v) is 14.2. The number of carbonyl (C=O) groups is 2. The summed E-state index contributed by atoms with van der Waals surface area (Å²) in [5.74, 6) is 0.252. The molecule has 2 N–H and O–H groups in total. The lowest BCUT2D eigenvalue weighted by Gasteiger charge is -2.21. The van der Waals surface area contributed by atoms with Crippen LogP contribution in [0.4, 0.5) is 11.5 Å². The van der Waals surface area contributed by atoms with Gasteiger partial charge < -0.3 is 15.5 Å². The van der Waals surface area contributed by atoms with Gasteiger partial charge in [0.2, 0.25) is 5.91 Å². The number of hydrogen-bond donors (Lipinski definition) is 2. The van der Waals surface area contributed by atoms with Crippen molar-refractivity contribution in [2.75, 3.05) is 23.3 Å². The largest absolute Gasteiger partial charge is 0.355 e. The van der Waals surface area contributed by atoms with E-state index < -0.39 is 6.04 Å². The van der Waals surface area contributed by atoms with Gasteiger partial charge in [-0.05, 0) is 44.0 Å². The third kappa shape index (κ3) is 4.15. The first-order valence-corrected chi connectivity index (χ1v) is 8.52. The van der Waals surface area contributed by atoms with Crippen LogP contribution in [-0.4, -0.2) is 35.9 Å². The third-order valence-corrected chi connectivity index (χ3v) is 4.23. The number of nitrogens with one attached hydrogen (secondary N) is 2. The molecule has 25 heavy (non-hydrogen) atoms. The molecule has 0 saturated carbocycles. The normalized spacial score (nSPS) is 14.8. The first-order valence-electron chi connectivity index (χ1n) is 8.52. The second-order valence-corrected chi connectivity index (χ2v) is 6.12. The molecule has 6 heteroatoms. The summed E-state index contributed by atoms with van der Waals surface area (Å²) >= 11 is 0. The zero-order valence-electron chi connectivity index (χ0n) is 14.2. The Bertz CT molecular complexity index is 742. The number of anilines is 2. The minimum Gasteiger partial charge on any atom is -0.355 e. The molecule has 1 fully saturated rings. The van der Waals surface area contributed by atoms with Gasteiger partial charge in [0.15, 0.2) is 5.82 Å². The fraction of sp³-hybridized carbons (Fsp3) is 0.316. The second kappa shape index (κ2) is 7.79. The molecule has 1 aliphatic heterocycles. The monoisotopic (exact) mass is 338 g/mol. The lowest BCUT2D eigenvalue weighted by atomic mass is 10.2. The Morgan fingerprint density at radius 3 is 2.52 bits per heavy atom. The molecule has 0 aliphatic carbocycles. The van der Waals surface area contributed by atoms with E-state index in [9.17, 15) is 9.59 Å². The van der Waals surface area contributed by atoms with E-state index in [1.165, 1.54) is 0 Å². The number of amides is 2. The van der Waals surface area contributed by atoms with E-state index >= 15 is 0 Å². The predicted octanol–water partition coefficient (Wildman–Crippen LogP) is 2.44. The van der Waals surface area contributed by atoms with Crippen LogP contribution in [0.25, 0.3) is 0 Å². The molecule has 0 bridgehead atoms. The number of benzene rings is 1. The summed E-state index contributed by atoms with van der Waals surface area (Å²) in [7, 11) is 0. The van der Waals surface area contributed by atoms with Gasteiger partial charge in [-0.2, -0.15) is 0 Å². The maximum atomic E-state index is 12.5. The summed E-state index contributed by atoms with van der Waals surface area (Å²) in [6.07, 6.45) is 3.99. The molecule has 1 aromatic heterocycles. The molecule has 130 valence electrons. The lowest BCUT2D eigenvalue weighted by Crippen LogP contribution is -2.41. The summed E-state index contributed by atoms with van der Waals surface area (Å²) < 4.78 is 0. The average molecular weight is 338 g/mol. The minimum atomic E-state index is -0.653. The molecule has 1 atom stereocenters. The van der Waals surface area contributed by atoms with Crippen LogP contribution in [0.1, 0.15) is 30.1 Å². The Kier molecular flexibility index (Phi) is 5.28. The molecule has 3 rings (SSSR count). The van der Waals surface area contributed by atoms with Crippen LogP contribution in [0.15, 0.2) is 48.7 Å². The van der Waals surface area contributed by atoms with E-state index in [2.05, 4.69) is 20.5 Å². The highest BCUT2D eigenvalue weighted by molar-refractivity contribution is 6.01. The highest BCUT2D eigenvalue weighted by Gasteiger charge is 2.21. The second-order valence-electron chi connectivity index (χ2n) is 6.12. The molecule has 1 aromatic carbocycles. The average Bonchev–Trinajstić information content (AvgIpc) is 3.17. The van der Waals surface area contributed by atoms with Gasteiger partial charge in [-0.25, -0.2) is 4.98 Å². The molecule has 2 aromatic rings. The van der Waals surface area contributed by atoms with Crippen LogP contribution in [0.2, 0.25) is 0 Å². The quantitative estimate of drug-likeness (QED) is 0.878. The fourth-order valence-corrected chi connectivity index (χ4v) is 2.85. The van der Waals surface area contributed by atoms with Crippen molar-refractivity contribution in [2.45, 2.75) is 25.8 Å². The van der Waals surface area contributed by atoms with Crippen molar-refractivity contribution in [1.82, 2.24) is 10.3 Å². The third-order valence-electron chi connectivity index (χ3n) is 4.23. The summed E-state index contributed by atoms with van der Waals surface area (Å²) in [6.45, 7) is 3.56. The van der Waals surface area contributed by atoms with E-state index in [-0.39, 0.29) is 11.8 Å².